The number of nitrogens with two attached hydrogens (primary N) is 1. The average Bonchev–Trinajstić information content (AvgIpc) is 2.82. The summed E-state index contributed by atoms with van der Waals surface area (Å²) in [6, 6.07) is 7.58. The van der Waals surface area contributed by atoms with Gasteiger partial charge in [0.1, 0.15) is 11.4 Å². The fourth-order valence-corrected chi connectivity index (χ4v) is 1.80. The lowest BCUT2D eigenvalue weighted by Crippen LogP contribution is -2.07. The first kappa shape index (κ1) is 12.5. The van der Waals surface area contributed by atoms with Crippen LogP contribution in [0, 0.1) is 0 Å². The minimum atomic E-state index is 0.0104. The molecule has 2 aromatic rings. The number of aliphatic hydroxyl groups excluding tert-OH is 1. The van der Waals surface area contributed by atoms with Crippen LogP contribution in [0.5, 0.6) is 5.75 Å². The molecule has 1 aromatic carbocycles. The molecule has 0 fully saturated rings. The maximum absolute atomic E-state index is 9.02. The van der Waals surface area contributed by atoms with Crippen molar-refractivity contribution < 1.29 is 9.84 Å². The Kier molecular flexibility index (Phi) is 3.91. The number of methoxy groups -OCH3 is 1. The highest BCUT2D eigenvalue weighted by atomic mass is 16.5. The number of hydrogen-bond donors (Lipinski definition) is 2. The average molecular weight is 248 g/mol. The van der Waals surface area contributed by atoms with Crippen molar-refractivity contribution in [2.75, 3.05) is 13.7 Å². The molecule has 0 spiro atoms. The van der Waals surface area contributed by atoms with Crippen LogP contribution in [0.15, 0.2) is 24.3 Å². The van der Waals surface area contributed by atoms with Crippen molar-refractivity contribution in [1.29, 1.82) is 0 Å². The van der Waals surface area contributed by atoms with E-state index in [4.69, 9.17) is 15.6 Å². The van der Waals surface area contributed by atoms with Gasteiger partial charge in [-0.15, -0.1) is 5.10 Å². The van der Waals surface area contributed by atoms with E-state index in [0.717, 1.165) is 17.0 Å². The Hall–Kier alpha value is -1.92. The topological polar surface area (TPSA) is 86.2 Å². The van der Waals surface area contributed by atoms with Gasteiger partial charge in [-0.3, -0.25) is 0 Å². The highest BCUT2D eigenvalue weighted by Gasteiger charge is 2.13. The van der Waals surface area contributed by atoms with E-state index in [1.54, 1.807) is 11.8 Å². The second-order valence-corrected chi connectivity index (χ2v) is 3.76. The van der Waals surface area contributed by atoms with Gasteiger partial charge in [0.25, 0.3) is 0 Å². The van der Waals surface area contributed by atoms with Gasteiger partial charge in [0.15, 0.2) is 0 Å². The quantitative estimate of drug-likeness (QED) is 0.800. The number of benzene rings is 1. The van der Waals surface area contributed by atoms with E-state index in [2.05, 4.69) is 10.3 Å². The van der Waals surface area contributed by atoms with Crippen LogP contribution in [0.4, 0.5) is 0 Å². The van der Waals surface area contributed by atoms with Crippen molar-refractivity contribution in [2.45, 2.75) is 13.1 Å². The van der Waals surface area contributed by atoms with E-state index >= 15 is 0 Å². The number of nitrogens with zero attached hydrogens (tertiary/aromatic N) is 3. The van der Waals surface area contributed by atoms with Crippen molar-refractivity contribution in [3.63, 3.8) is 0 Å². The zero-order valence-electron chi connectivity index (χ0n) is 10.2. The van der Waals surface area contributed by atoms with Gasteiger partial charge in [-0.1, -0.05) is 5.21 Å². The van der Waals surface area contributed by atoms with Crippen LogP contribution >= 0.6 is 0 Å². The number of hydrogen-bond acceptors (Lipinski definition) is 5. The zero-order chi connectivity index (χ0) is 13.0. The Bertz CT molecular complexity index is 507. The van der Waals surface area contributed by atoms with E-state index in [0.29, 0.717) is 18.8 Å². The molecule has 0 aliphatic heterocycles. The molecule has 2 rings (SSSR count). The summed E-state index contributed by atoms with van der Waals surface area (Å²) in [7, 11) is 1.62. The van der Waals surface area contributed by atoms with Crippen LogP contribution in [0.1, 0.15) is 5.69 Å². The molecule has 3 N–H and O–H groups in total. The molecule has 96 valence electrons. The standard InChI is InChI=1S/C12H16N4O2/c1-18-10-4-2-9(3-5-10)12-11(8-13)14-15-16(12)6-7-17/h2-5,17H,6-8,13H2,1H3. The molecule has 0 saturated carbocycles. The Morgan fingerprint density at radius 2 is 2.06 bits per heavy atom. The van der Waals surface area contributed by atoms with Gasteiger partial charge in [-0.25, -0.2) is 4.68 Å². The molecule has 6 heteroatoms. The summed E-state index contributed by atoms with van der Waals surface area (Å²) < 4.78 is 6.77. The van der Waals surface area contributed by atoms with Crippen LogP contribution in [0.25, 0.3) is 11.3 Å². The maximum Gasteiger partial charge on any atom is 0.118 e. The molecular weight excluding hydrogens is 232 g/mol. The molecule has 1 heterocycles. The van der Waals surface area contributed by atoms with Crippen LogP contribution in [0.3, 0.4) is 0 Å². The first-order valence-electron chi connectivity index (χ1n) is 5.68. The van der Waals surface area contributed by atoms with E-state index < -0.39 is 0 Å². The molecule has 6 nitrogen and oxygen atoms in total. The number of aliphatic hydroxyl groups is 1. The SMILES string of the molecule is COc1ccc(-c2c(CN)nnn2CCO)cc1. The summed E-state index contributed by atoms with van der Waals surface area (Å²) >= 11 is 0. The van der Waals surface area contributed by atoms with Gasteiger partial charge in [0, 0.05) is 12.1 Å². The summed E-state index contributed by atoms with van der Waals surface area (Å²) in [4.78, 5) is 0. The third-order valence-electron chi connectivity index (χ3n) is 2.67. The summed E-state index contributed by atoms with van der Waals surface area (Å²) in [6.45, 7) is 0.720. The summed E-state index contributed by atoms with van der Waals surface area (Å²) in [5, 5.41) is 17.0. The minimum Gasteiger partial charge on any atom is -0.497 e. The van der Waals surface area contributed by atoms with Gasteiger partial charge in [-0.05, 0) is 24.3 Å². The van der Waals surface area contributed by atoms with Crippen LogP contribution < -0.4 is 10.5 Å². The molecule has 0 aliphatic carbocycles. The normalized spacial score (nSPS) is 10.6. The first-order chi connectivity index (χ1) is 8.80. The zero-order valence-corrected chi connectivity index (χ0v) is 10.2. The molecule has 18 heavy (non-hydrogen) atoms. The van der Waals surface area contributed by atoms with Gasteiger partial charge in [0.05, 0.1) is 26.0 Å². The Morgan fingerprint density at radius 1 is 1.33 bits per heavy atom. The van der Waals surface area contributed by atoms with Crippen LogP contribution in [-0.2, 0) is 13.1 Å². The fraction of sp³-hybridized carbons (Fsp3) is 0.333. The third kappa shape index (κ3) is 2.34. The van der Waals surface area contributed by atoms with Crippen LogP contribution in [0.2, 0.25) is 0 Å². The highest BCUT2D eigenvalue weighted by Crippen LogP contribution is 2.24. The highest BCUT2D eigenvalue weighted by molar-refractivity contribution is 5.62. The van der Waals surface area contributed by atoms with E-state index in [9.17, 15) is 0 Å². The summed E-state index contributed by atoms with van der Waals surface area (Å²) in [5.74, 6) is 0.786. The molecule has 1 aromatic heterocycles. The maximum atomic E-state index is 9.02. The molecule has 0 atom stereocenters. The second kappa shape index (κ2) is 5.61. The largest absolute Gasteiger partial charge is 0.497 e. The Morgan fingerprint density at radius 3 is 2.61 bits per heavy atom. The van der Waals surface area contributed by atoms with Gasteiger partial charge in [-0.2, -0.15) is 0 Å². The lowest BCUT2D eigenvalue weighted by atomic mass is 10.1. The van der Waals surface area contributed by atoms with Crippen molar-refractivity contribution in [2.24, 2.45) is 5.73 Å². The van der Waals surface area contributed by atoms with Crippen molar-refractivity contribution in [3.05, 3.63) is 30.0 Å². The van der Waals surface area contributed by atoms with E-state index in [-0.39, 0.29) is 6.61 Å². The lowest BCUT2D eigenvalue weighted by molar-refractivity contribution is 0.269. The smallest absolute Gasteiger partial charge is 0.118 e. The number of ether oxygens (including phenoxy) is 1. The van der Waals surface area contributed by atoms with E-state index in [1.807, 2.05) is 24.3 Å². The molecule has 0 amide bonds. The van der Waals surface area contributed by atoms with Gasteiger partial charge < -0.3 is 15.6 Å². The molecule has 0 aliphatic rings. The fourth-order valence-electron chi connectivity index (χ4n) is 1.80. The molecular formula is C12H16N4O2. The third-order valence-corrected chi connectivity index (χ3v) is 2.67. The Balaban J connectivity index is 2.43. The molecule has 0 unspecified atom stereocenters. The lowest BCUT2D eigenvalue weighted by Gasteiger charge is -2.07. The van der Waals surface area contributed by atoms with Crippen LogP contribution in [-0.4, -0.2) is 33.8 Å². The first-order valence-corrected chi connectivity index (χ1v) is 5.68. The van der Waals surface area contributed by atoms with Crippen molar-refractivity contribution in [3.8, 4) is 17.0 Å². The molecule has 0 saturated heterocycles. The second-order valence-electron chi connectivity index (χ2n) is 3.76. The Labute approximate surface area is 105 Å². The predicted octanol–water partition coefficient (Wildman–Crippen LogP) is 0.405. The molecule has 0 bridgehead atoms. The van der Waals surface area contributed by atoms with Crippen molar-refractivity contribution in [1.82, 2.24) is 15.0 Å². The number of rotatable bonds is 5. The summed E-state index contributed by atoms with van der Waals surface area (Å²) in [6.07, 6.45) is 0. The summed E-state index contributed by atoms with van der Waals surface area (Å²) in [5.41, 5.74) is 8.16. The minimum absolute atomic E-state index is 0.0104. The number of aromatic nitrogens is 3. The monoisotopic (exact) mass is 248 g/mol. The van der Waals surface area contributed by atoms with E-state index in [1.165, 1.54) is 0 Å². The van der Waals surface area contributed by atoms with Gasteiger partial charge in [0.2, 0.25) is 0 Å². The predicted molar refractivity (Wildman–Crippen MR) is 67.0 cm³/mol. The van der Waals surface area contributed by atoms with Gasteiger partial charge >= 0.3 is 0 Å². The van der Waals surface area contributed by atoms with Crippen molar-refractivity contribution >= 4 is 0 Å². The molecule has 0 radical (unpaired) electrons.